The van der Waals surface area contributed by atoms with Crippen molar-refractivity contribution in [2.24, 2.45) is 11.8 Å². The number of esters is 1. The molecule has 4 nitrogen and oxygen atoms in total. The lowest BCUT2D eigenvalue weighted by Crippen LogP contribution is -2.25. The molecule has 0 amide bonds. The third-order valence-electron chi connectivity index (χ3n) is 4.22. The lowest BCUT2D eigenvalue weighted by atomic mass is 10.1. The first-order valence-electron chi connectivity index (χ1n) is 7.62. The van der Waals surface area contributed by atoms with Crippen LogP contribution in [0.15, 0.2) is 12.1 Å². The van der Waals surface area contributed by atoms with E-state index in [4.69, 9.17) is 10.5 Å². The van der Waals surface area contributed by atoms with Crippen LogP contribution >= 0.6 is 0 Å². The van der Waals surface area contributed by atoms with Crippen molar-refractivity contribution in [1.29, 1.82) is 0 Å². The van der Waals surface area contributed by atoms with E-state index in [9.17, 15) is 9.18 Å². The first kappa shape index (κ1) is 14.2. The smallest absolute Gasteiger partial charge is 0.340 e. The van der Waals surface area contributed by atoms with Crippen LogP contribution in [0.2, 0.25) is 0 Å². The lowest BCUT2D eigenvalue weighted by Gasteiger charge is -2.20. The maximum Gasteiger partial charge on any atom is 0.340 e. The molecule has 2 aliphatic rings. The van der Waals surface area contributed by atoms with Crippen LogP contribution in [-0.4, -0.2) is 18.6 Å². The van der Waals surface area contributed by atoms with Gasteiger partial charge in [0.15, 0.2) is 0 Å². The van der Waals surface area contributed by atoms with Gasteiger partial charge in [-0.2, -0.15) is 0 Å². The first-order valence-corrected chi connectivity index (χ1v) is 7.62. The molecule has 3 N–H and O–H groups in total. The Bertz CT molecular complexity index is 541. The van der Waals surface area contributed by atoms with Crippen LogP contribution in [0.3, 0.4) is 0 Å². The zero-order valence-corrected chi connectivity index (χ0v) is 12.2. The highest BCUT2D eigenvalue weighted by Crippen LogP contribution is 2.46. The zero-order chi connectivity index (χ0) is 15.0. The minimum absolute atomic E-state index is 0.117. The van der Waals surface area contributed by atoms with Gasteiger partial charge in [-0.1, -0.05) is 0 Å². The Hall–Kier alpha value is -1.78. The lowest BCUT2D eigenvalue weighted by molar-refractivity contribution is 0.0527. The fraction of sp³-hybridized carbons (Fsp3) is 0.562. The number of anilines is 2. The van der Waals surface area contributed by atoms with E-state index < -0.39 is 11.8 Å². The molecule has 2 fully saturated rings. The van der Waals surface area contributed by atoms with Crippen molar-refractivity contribution < 1.29 is 13.9 Å². The average molecular weight is 292 g/mol. The maximum absolute atomic E-state index is 14.1. The number of benzene rings is 1. The van der Waals surface area contributed by atoms with Crippen molar-refractivity contribution in [3.05, 3.63) is 23.5 Å². The van der Waals surface area contributed by atoms with Gasteiger partial charge in [-0.25, -0.2) is 9.18 Å². The number of nitrogens with one attached hydrogen (secondary N) is 1. The number of ether oxygens (including phenoxy) is 1. The molecule has 2 aliphatic carbocycles. The van der Waals surface area contributed by atoms with E-state index in [0.29, 0.717) is 23.6 Å². The monoisotopic (exact) mass is 292 g/mol. The number of hydrogen-bond acceptors (Lipinski definition) is 4. The van der Waals surface area contributed by atoms with Crippen LogP contribution in [0.1, 0.15) is 43.0 Å². The molecular weight excluding hydrogens is 271 g/mol. The number of carbonyl (C=O) groups excluding carboxylic acids is 1. The number of carbonyl (C=O) groups is 1. The van der Waals surface area contributed by atoms with Gasteiger partial charge in [0, 0.05) is 11.7 Å². The predicted octanol–water partition coefficient (Wildman–Crippen LogP) is 3.19. The second-order valence-corrected chi connectivity index (χ2v) is 5.98. The summed E-state index contributed by atoms with van der Waals surface area (Å²) in [7, 11) is 0. The third-order valence-corrected chi connectivity index (χ3v) is 4.22. The van der Waals surface area contributed by atoms with Gasteiger partial charge in [-0.3, -0.25) is 0 Å². The summed E-state index contributed by atoms with van der Waals surface area (Å²) in [5.74, 6) is 0.361. The Morgan fingerprint density at radius 1 is 1.38 bits per heavy atom. The van der Waals surface area contributed by atoms with Gasteiger partial charge in [0.05, 0.1) is 17.9 Å². The molecule has 0 heterocycles. The first-order chi connectivity index (χ1) is 10.1. The quantitative estimate of drug-likeness (QED) is 0.624. The molecule has 0 bridgehead atoms. The molecule has 0 atom stereocenters. The van der Waals surface area contributed by atoms with Crippen LogP contribution in [-0.2, 0) is 4.74 Å². The Kier molecular flexibility index (Phi) is 3.74. The molecule has 2 saturated carbocycles. The van der Waals surface area contributed by atoms with Gasteiger partial charge in [-0.15, -0.1) is 0 Å². The van der Waals surface area contributed by atoms with Crippen LogP contribution in [0.4, 0.5) is 15.8 Å². The largest absolute Gasteiger partial charge is 0.462 e. The molecule has 0 unspecified atom stereocenters. The molecule has 0 saturated heterocycles. The SMILES string of the molecule is CCOC(=O)c1cc(NC(C2CC2)C2CC2)c(F)cc1N. The van der Waals surface area contributed by atoms with E-state index in [1.807, 2.05) is 0 Å². The molecule has 5 heteroatoms. The fourth-order valence-corrected chi connectivity index (χ4v) is 2.80. The number of halogens is 1. The summed E-state index contributed by atoms with van der Waals surface area (Å²) in [5, 5.41) is 3.30. The van der Waals surface area contributed by atoms with E-state index >= 15 is 0 Å². The van der Waals surface area contributed by atoms with Crippen molar-refractivity contribution in [1.82, 2.24) is 0 Å². The summed E-state index contributed by atoms with van der Waals surface area (Å²) in [6.07, 6.45) is 4.82. The molecule has 0 spiro atoms. The summed E-state index contributed by atoms with van der Waals surface area (Å²) in [4.78, 5) is 11.9. The highest BCUT2D eigenvalue weighted by molar-refractivity contribution is 5.96. The van der Waals surface area contributed by atoms with Crippen molar-refractivity contribution in [3.63, 3.8) is 0 Å². The molecular formula is C16H21FN2O2. The molecule has 1 aromatic carbocycles. The van der Waals surface area contributed by atoms with E-state index in [-0.39, 0.29) is 17.9 Å². The minimum Gasteiger partial charge on any atom is -0.462 e. The summed E-state index contributed by atoms with van der Waals surface area (Å²) >= 11 is 0. The van der Waals surface area contributed by atoms with Gasteiger partial charge in [0.25, 0.3) is 0 Å². The van der Waals surface area contributed by atoms with Gasteiger partial charge in [0.2, 0.25) is 0 Å². The van der Waals surface area contributed by atoms with Crippen molar-refractivity contribution in [3.8, 4) is 0 Å². The highest BCUT2D eigenvalue weighted by atomic mass is 19.1. The number of hydrogen-bond donors (Lipinski definition) is 2. The Morgan fingerprint density at radius 2 is 2.00 bits per heavy atom. The third kappa shape index (κ3) is 3.12. The highest BCUT2D eigenvalue weighted by Gasteiger charge is 2.41. The summed E-state index contributed by atoms with van der Waals surface area (Å²) < 4.78 is 19.1. The number of rotatable bonds is 6. The van der Waals surface area contributed by atoms with Crippen molar-refractivity contribution in [2.75, 3.05) is 17.7 Å². The second kappa shape index (κ2) is 5.54. The minimum atomic E-state index is -0.507. The van der Waals surface area contributed by atoms with Gasteiger partial charge >= 0.3 is 5.97 Å². The van der Waals surface area contributed by atoms with E-state index in [2.05, 4.69) is 5.32 Å². The zero-order valence-electron chi connectivity index (χ0n) is 12.2. The normalized spacial score (nSPS) is 17.9. The standard InChI is InChI=1S/C16H21FN2O2/c1-2-21-16(20)11-7-14(12(17)8-13(11)18)19-15(9-3-4-9)10-5-6-10/h7-10,15,19H,2-6,18H2,1H3. The molecule has 21 heavy (non-hydrogen) atoms. The van der Waals surface area contributed by atoms with E-state index in [1.165, 1.54) is 37.8 Å². The van der Waals surface area contributed by atoms with Crippen LogP contribution in [0, 0.1) is 17.7 Å². The summed E-state index contributed by atoms with van der Waals surface area (Å²) in [6.45, 7) is 2.00. The fourth-order valence-electron chi connectivity index (χ4n) is 2.80. The molecule has 0 aromatic heterocycles. The van der Waals surface area contributed by atoms with Gasteiger partial charge in [0.1, 0.15) is 5.82 Å². The Labute approximate surface area is 123 Å². The van der Waals surface area contributed by atoms with Crippen molar-refractivity contribution >= 4 is 17.3 Å². The Balaban J connectivity index is 1.83. The molecule has 3 rings (SSSR count). The van der Waals surface area contributed by atoms with E-state index in [1.54, 1.807) is 6.92 Å². The number of nitrogens with two attached hydrogens (primary N) is 1. The predicted molar refractivity (Wildman–Crippen MR) is 79.6 cm³/mol. The topological polar surface area (TPSA) is 64.3 Å². The summed E-state index contributed by atoms with van der Waals surface area (Å²) in [6, 6.07) is 3.00. The average Bonchev–Trinajstić information content (AvgIpc) is 3.31. The molecule has 0 aliphatic heterocycles. The van der Waals surface area contributed by atoms with E-state index in [0.717, 1.165) is 0 Å². The van der Waals surface area contributed by atoms with Crippen molar-refractivity contribution in [2.45, 2.75) is 38.6 Å². The number of nitrogen functional groups attached to an aromatic ring is 1. The van der Waals surface area contributed by atoms with Gasteiger partial charge < -0.3 is 15.8 Å². The van der Waals surface area contributed by atoms with Crippen LogP contribution < -0.4 is 11.1 Å². The van der Waals surface area contributed by atoms with Crippen LogP contribution in [0.25, 0.3) is 0 Å². The molecule has 1 aromatic rings. The van der Waals surface area contributed by atoms with Crippen LogP contribution in [0.5, 0.6) is 0 Å². The van der Waals surface area contributed by atoms with Gasteiger partial charge in [-0.05, 0) is 56.6 Å². The molecule has 0 radical (unpaired) electrons. The maximum atomic E-state index is 14.1. The summed E-state index contributed by atoms with van der Waals surface area (Å²) in [5.41, 5.74) is 6.43. The molecule has 114 valence electrons. The Morgan fingerprint density at radius 3 is 2.52 bits per heavy atom. The second-order valence-electron chi connectivity index (χ2n) is 5.98.